The molecule has 1 heterocycles. The number of nitrogens with zero attached hydrogens (tertiary/aromatic N) is 1. The number of halogens is 2. The smallest absolute Gasteiger partial charge is 0.125 e. The summed E-state index contributed by atoms with van der Waals surface area (Å²) in [6, 6.07) is 6.02. The van der Waals surface area contributed by atoms with Crippen LogP contribution in [0.1, 0.15) is 0 Å². The third kappa shape index (κ3) is 2.07. The van der Waals surface area contributed by atoms with Gasteiger partial charge < -0.3 is 5.73 Å². The first kappa shape index (κ1) is 9.93. The molecule has 4 heteroatoms. The van der Waals surface area contributed by atoms with Crippen molar-refractivity contribution in [2.75, 3.05) is 5.73 Å². The number of nitrogen functional groups attached to an aromatic ring is 1. The monoisotopic (exact) mass is 222 g/mol. The molecule has 0 saturated carbocycles. The van der Waals surface area contributed by atoms with Crippen LogP contribution in [-0.4, -0.2) is 4.98 Å². The predicted octanol–water partition coefficient (Wildman–Crippen LogP) is 3.12. The van der Waals surface area contributed by atoms with E-state index in [1.165, 1.54) is 18.3 Å². The van der Waals surface area contributed by atoms with Crippen LogP contribution in [0.5, 0.6) is 0 Å². The number of nitrogens with two attached hydrogens (primary N) is 1. The highest BCUT2D eigenvalue weighted by Gasteiger charge is 2.04. The molecule has 0 saturated heterocycles. The van der Waals surface area contributed by atoms with Gasteiger partial charge in [0, 0.05) is 16.8 Å². The van der Waals surface area contributed by atoms with Gasteiger partial charge in [-0.1, -0.05) is 11.6 Å². The highest BCUT2D eigenvalue weighted by Crippen LogP contribution is 2.27. The molecule has 15 heavy (non-hydrogen) atoms. The van der Waals surface area contributed by atoms with Crippen molar-refractivity contribution in [3.63, 3.8) is 0 Å². The summed E-state index contributed by atoms with van der Waals surface area (Å²) in [6.07, 6.45) is 3.12. The first-order valence-corrected chi connectivity index (χ1v) is 4.70. The summed E-state index contributed by atoms with van der Waals surface area (Å²) >= 11 is 5.76. The van der Waals surface area contributed by atoms with Crippen LogP contribution >= 0.6 is 11.6 Å². The van der Waals surface area contributed by atoms with Crippen molar-refractivity contribution in [1.29, 1.82) is 0 Å². The zero-order valence-electron chi connectivity index (χ0n) is 7.74. The molecular formula is C11H8ClFN2. The van der Waals surface area contributed by atoms with E-state index in [0.29, 0.717) is 16.3 Å². The Morgan fingerprint density at radius 1 is 1.27 bits per heavy atom. The van der Waals surface area contributed by atoms with Crippen molar-refractivity contribution < 1.29 is 4.39 Å². The molecule has 1 aromatic carbocycles. The maximum absolute atomic E-state index is 13.1. The molecule has 2 nitrogen and oxygen atoms in total. The lowest BCUT2D eigenvalue weighted by Crippen LogP contribution is -1.91. The number of hydrogen-bond donors (Lipinski definition) is 1. The van der Waals surface area contributed by atoms with Crippen molar-refractivity contribution in [2.24, 2.45) is 0 Å². The highest BCUT2D eigenvalue weighted by molar-refractivity contribution is 6.30. The van der Waals surface area contributed by atoms with Gasteiger partial charge in [0.15, 0.2) is 0 Å². The van der Waals surface area contributed by atoms with E-state index in [-0.39, 0.29) is 5.82 Å². The van der Waals surface area contributed by atoms with Gasteiger partial charge in [0.1, 0.15) is 5.82 Å². The number of aromatic nitrogens is 1. The third-order valence-electron chi connectivity index (χ3n) is 2.03. The molecule has 0 aliphatic carbocycles. The zero-order chi connectivity index (χ0) is 10.8. The fourth-order valence-corrected chi connectivity index (χ4v) is 1.60. The van der Waals surface area contributed by atoms with Crippen molar-refractivity contribution in [1.82, 2.24) is 4.98 Å². The van der Waals surface area contributed by atoms with Gasteiger partial charge in [0.25, 0.3) is 0 Å². The van der Waals surface area contributed by atoms with Crippen molar-refractivity contribution in [3.05, 3.63) is 47.5 Å². The molecule has 0 unspecified atom stereocenters. The lowest BCUT2D eigenvalue weighted by molar-refractivity contribution is 0.628. The summed E-state index contributed by atoms with van der Waals surface area (Å²) in [7, 11) is 0. The van der Waals surface area contributed by atoms with E-state index in [2.05, 4.69) is 4.98 Å². The van der Waals surface area contributed by atoms with Gasteiger partial charge in [0.2, 0.25) is 0 Å². The minimum Gasteiger partial charge on any atom is -0.397 e. The maximum Gasteiger partial charge on any atom is 0.125 e. The van der Waals surface area contributed by atoms with Crippen molar-refractivity contribution in [3.8, 4) is 11.1 Å². The van der Waals surface area contributed by atoms with Crippen LogP contribution in [0.2, 0.25) is 5.02 Å². The van der Waals surface area contributed by atoms with Gasteiger partial charge in [-0.2, -0.15) is 0 Å². The Morgan fingerprint density at radius 2 is 2.07 bits per heavy atom. The Morgan fingerprint density at radius 3 is 2.73 bits per heavy atom. The Bertz CT molecular complexity index is 479. The molecule has 2 aromatic rings. The average Bonchev–Trinajstić information content (AvgIpc) is 2.16. The predicted molar refractivity (Wildman–Crippen MR) is 59.1 cm³/mol. The quantitative estimate of drug-likeness (QED) is 0.805. The zero-order valence-corrected chi connectivity index (χ0v) is 8.50. The number of hydrogen-bond acceptors (Lipinski definition) is 2. The molecule has 0 bridgehead atoms. The Kier molecular flexibility index (Phi) is 2.56. The molecular weight excluding hydrogens is 215 g/mol. The van der Waals surface area contributed by atoms with Crippen LogP contribution in [0.4, 0.5) is 10.1 Å². The molecule has 0 atom stereocenters. The minimum atomic E-state index is -0.381. The molecule has 0 amide bonds. The molecule has 0 aliphatic heterocycles. The van der Waals surface area contributed by atoms with Crippen LogP contribution in [0.3, 0.4) is 0 Å². The Balaban J connectivity index is 2.59. The molecule has 0 aliphatic rings. The second kappa shape index (κ2) is 3.87. The third-order valence-corrected chi connectivity index (χ3v) is 2.24. The second-order valence-electron chi connectivity index (χ2n) is 3.12. The molecule has 2 rings (SSSR count). The lowest BCUT2D eigenvalue weighted by Gasteiger charge is -2.05. The summed E-state index contributed by atoms with van der Waals surface area (Å²) < 4.78 is 13.1. The summed E-state index contributed by atoms with van der Waals surface area (Å²) in [5.41, 5.74) is 7.60. The topological polar surface area (TPSA) is 38.9 Å². The van der Waals surface area contributed by atoms with E-state index < -0.39 is 0 Å². The molecule has 76 valence electrons. The van der Waals surface area contributed by atoms with Crippen LogP contribution in [0.15, 0.2) is 36.7 Å². The van der Waals surface area contributed by atoms with E-state index in [9.17, 15) is 4.39 Å². The summed E-state index contributed by atoms with van der Waals surface area (Å²) in [6.45, 7) is 0. The first-order chi connectivity index (χ1) is 7.16. The summed E-state index contributed by atoms with van der Waals surface area (Å²) in [4.78, 5) is 3.86. The molecule has 2 N–H and O–H groups in total. The minimum absolute atomic E-state index is 0.348. The maximum atomic E-state index is 13.1. The van der Waals surface area contributed by atoms with Gasteiger partial charge in [-0.25, -0.2) is 4.39 Å². The fourth-order valence-electron chi connectivity index (χ4n) is 1.38. The van der Waals surface area contributed by atoms with E-state index >= 15 is 0 Å². The van der Waals surface area contributed by atoms with Crippen molar-refractivity contribution >= 4 is 17.3 Å². The normalized spacial score (nSPS) is 10.3. The van der Waals surface area contributed by atoms with E-state index in [4.69, 9.17) is 17.3 Å². The largest absolute Gasteiger partial charge is 0.397 e. The van der Waals surface area contributed by atoms with Gasteiger partial charge in [0.05, 0.1) is 11.9 Å². The number of benzene rings is 1. The van der Waals surface area contributed by atoms with E-state index in [0.717, 1.165) is 5.56 Å². The number of pyridine rings is 1. The SMILES string of the molecule is Nc1cnccc1-c1cc(F)cc(Cl)c1. The Labute approximate surface area is 91.5 Å². The lowest BCUT2D eigenvalue weighted by atomic mass is 10.1. The van der Waals surface area contributed by atoms with Gasteiger partial charge in [-0.15, -0.1) is 0 Å². The number of anilines is 1. The molecule has 0 spiro atoms. The molecule has 1 aromatic heterocycles. The first-order valence-electron chi connectivity index (χ1n) is 4.33. The fraction of sp³-hybridized carbons (Fsp3) is 0. The van der Waals surface area contributed by atoms with Gasteiger partial charge in [-0.3, -0.25) is 4.98 Å². The van der Waals surface area contributed by atoms with Gasteiger partial charge in [-0.05, 0) is 29.8 Å². The second-order valence-corrected chi connectivity index (χ2v) is 3.56. The number of rotatable bonds is 1. The van der Waals surface area contributed by atoms with Crippen LogP contribution in [-0.2, 0) is 0 Å². The van der Waals surface area contributed by atoms with E-state index in [1.807, 2.05) is 0 Å². The molecule has 0 fully saturated rings. The molecule has 0 radical (unpaired) electrons. The summed E-state index contributed by atoms with van der Waals surface area (Å²) in [5, 5.41) is 0.348. The van der Waals surface area contributed by atoms with Crippen molar-refractivity contribution in [2.45, 2.75) is 0 Å². The average molecular weight is 223 g/mol. The van der Waals surface area contributed by atoms with Crippen LogP contribution < -0.4 is 5.73 Å². The van der Waals surface area contributed by atoms with E-state index in [1.54, 1.807) is 18.3 Å². The van der Waals surface area contributed by atoms with Crippen LogP contribution in [0.25, 0.3) is 11.1 Å². The Hall–Kier alpha value is -1.61. The van der Waals surface area contributed by atoms with Gasteiger partial charge >= 0.3 is 0 Å². The van der Waals surface area contributed by atoms with Crippen LogP contribution in [0, 0.1) is 5.82 Å². The highest BCUT2D eigenvalue weighted by atomic mass is 35.5. The summed E-state index contributed by atoms with van der Waals surface area (Å²) in [5.74, 6) is -0.381. The standard InChI is InChI=1S/C11H8ClFN2/c12-8-3-7(4-9(13)5-8)10-1-2-15-6-11(10)14/h1-6H,14H2.